The second-order valence-corrected chi connectivity index (χ2v) is 4.30. The van der Waals surface area contributed by atoms with Crippen molar-refractivity contribution in [2.24, 2.45) is 0 Å². The van der Waals surface area contributed by atoms with Crippen LogP contribution in [0, 0.1) is 10.1 Å². The van der Waals surface area contributed by atoms with E-state index in [1.165, 1.54) is 6.07 Å². The molecule has 90 valence electrons. The summed E-state index contributed by atoms with van der Waals surface area (Å²) < 4.78 is 5.23. The van der Waals surface area contributed by atoms with Crippen molar-refractivity contribution in [3.8, 4) is 0 Å². The highest BCUT2D eigenvalue weighted by Gasteiger charge is 2.17. The smallest absolute Gasteiger partial charge is 0.277 e. The van der Waals surface area contributed by atoms with E-state index in [2.05, 4.69) is 0 Å². The number of rotatable bonds is 2. The summed E-state index contributed by atoms with van der Waals surface area (Å²) in [6, 6.07) is 9.01. The molecular weight excluding hydrogens is 230 g/mol. The van der Waals surface area contributed by atoms with E-state index in [9.17, 15) is 10.1 Å². The van der Waals surface area contributed by atoms with Crippen LogP contribution in [0.1, 0.15) is 11.1 Å². The molecular formula is C14H11NO3. The maximum atomic E-state index is 11.0. The molecule has 0 N–H and O–H groups in total. The van der Waals surface area contributed by atoms with Crippen LogP contribution in [-0.4, -0.2) is 12.0 Å². The fourth-order valence-electron chi connectivity index (χ4n) is 2.36. The van der Waals surface area contributed by atoms with Crippen molar-refractivity contribution in [3.63, 3.8) is 0 Å². The molecule has 0 spiro atoms. The fourth-order valence-corrected chi connectivity index (χ4v) is 2.36. The van der Waals surface area contributed by atoms with Crippen LogP contribution in [-0.2, 0) is 11.2 Å². The molecule has 0 radical (unpaired) electrons. The summed E-state index contributed by atoms with van der Waals surface area (Å²) in [4.78, 5) is 10.7. The van der Waals surface area contributed by atoms with Gasteiger partial charge in [-0.2, -0.15) is 0 Å². The Morgan fingerprint density at radius 2 is 2.17 bits per heavy atom. The number of methoxy groups -OCH3 is 1. The Labute approximate surface area is 104 Å². The Morgan fingerprint density at radius 3 is 2.89 bits per heavy atom. The average Bonchev–Trinajstić information content (AvgIpc) is 2.76. The lowest BCUT2D eigenvalue weighted by atomic mass is 10.0. The van der Waals surface area contributed by atoms with Crippen molar-refractivity contribution in [1.82, 2.24) is 0 Å². The highest BCUT2D eigenvalue weighted by molar-refractivity contribution is 5.93. The minimum absolute atomic E-state index is 0.154. The van der Waals surface area contributed by atoms with Gasteiger partial charge in [-0.1, -0.05) is 12.1 Å². The third kappa shape index (κ3) is 1.54. The Hall–Kier alpha value is -2.36. The Bertz CT molecular complexity index is 689. The minimum Gasteiger partial charge on any atom is -0.501 e. The summed E-state index contributed by atoms with van der Waals surface area (Å²) >= 11 is 0. The average molecular weight is 241 g/mol. The number of hydrogen-bond acceptors (Lipinski definition) is 3. The molecule has 0 unspecified atom stereocenters. The zero-order valence-electron chi connectivity index (χ0n) is 9.84. The lowest BCUT2D eigenvalue weighted by Crippen LogP contribution is -1.92. The van der Waals surface area contributed by atoms with Gasteiger partial charge in [0.25, 0.3) is 5.69 Å². The second kappa shape index (κ2) is 3.84. The number of ether oxygens (including phenoxy) is 1. The van der Waals surface area contributed by atoms with Gasteiger partial charge >= 0.3 is 0 Å². The molecule has 0 atom stereocenters. The Kier molecular flexibility index (Phi) is 2.30. The van der Waals surface area contributed by atoms with Gasteiger partial charge in [-0.05, 0) is 34.7 Å². The number of fused-ring (bicyclic) bond motifs is 2. The van der Waals surface area contributed by atoms with Crippen LogP contribution in [0.25, 0.3) is 16.8 Å². The van der Waals surface area contributed by atoms with Crippen LogP contribution in [0.5, 0.6) is 0 Å². The van der Waals surface area contributed by atoms with Gasteiger partial charge in [0, 0.05) is 12.5 Å². The third-order valence-electron chi connectivity index (χ3n) is 3.26. The molecule has 0 saturated heterocycles. The summed E-state index contributed by atoms with van der Waals surface area (Å²) in [6.45, 7) is 0. The molecule has 0 amide bonds. The molecule has 1 aliphatic carbocycles. The molecule has 0 saturated carbocycles. The molecule has 4 nitrogen and oxygen atoms in total. The van der Waals surface area contributed by atoms with Crippen LogP contribution in [0.3, 0.4) is 0 Å². The summed E-state index contributed by atoms with van der Waals surface area (Å²) in [5, 5.41) is 12.6. The second-order valence-electron chi connectivity index (χ2n) is 4.30. The van der Waals surface area contributed by atoms with Gasteiger partial charge in [0.1, 0.15) is 5.76 Å². The zero-order chi connectivity index (χ0) is 12.7. The van der Waals surface area contributed by atoms with Gasteiger partial charge in [0.2, 0.25) is 0 Å². The van der Waals surface area contributed by atoms with E-state index >= 15 is 0 Å². The van der Waals surface area contributed by atoms with E-state index in [0.717, 1.165) is 22.3 Å². The number of allylic oxidation sites excluding steroid dienone is 1. The molecule has 1 aliphatic rings. The van der Waals surface area contributed by atoms with Crippen LogP contribution >= 0.6 is 0 Å². The molecule has 0 fully saturated rings. The predicted octanol–water partition coefficient (Wildman–Crippen LogP) is 3.29. The van der Waals surface area contributed by atoms with Gasteiger partial charge in [0.15, 0.2) is 0 Å². The van der Waals surface area contributed by atoms with Gasteiger partial charge in [-0.25, -0.2) is 0 Å². The molecule has 0 aromatic heterocycles. The zero-order valence-corrected chi connectivity index (χ0v) is 9.84. The van der Waals surface area contributed by atoms with E-state index in [-0.39, 0.29) is 10.6 Å². The molecule has 0 heterocycles. The predicted molar refractivity (Wildman–Crippen MR) is 69.3 cm³/mol. The summed E-state index contributed by atoms with van der Waals surface area (Å²) in [6.07, 6.45) is 2.68. The molecule has 2 aromatic rings. The lowest BCUT2D eigenvalue weighted by molar-refractivity contribution is -0.383. The first kappa shape index (κ1) is 10.8. The third-order valence-corrected chi connectivity index (χ3v) is 3.26. The first-order valence-electron chi connectivity index (χ1n) is 5.63. The summed E-state index contributed by atoms with van der Waals surface area (Å²) in [5.41, 5.74) is 2.31. The van der Waals surface area contributed by atoms with Gasteiger partial charge in [0.05, 0.1) is 17.4 Å². The van der Waals surface area contributed by atoms with E-state index in [4.69, 9.17) is 4.74 Å². The first-order valence-corrected chi connectivity index (χ1v) is 5.63. The molecule has 2 aromatic carbocycles. The van der Waals surface area contributed by atoms with E-state index in [1.807, 2.05) is 24.3 Å². The maximum absolute atomic E-state index is 11.0. The van der Waals surface area contributed by atoms with Gasteiger partial charge in [-0.15, -0.1) is 0 Å². The number of hydrogen-bond donors (Lipinski definition) is 0. The molecule has 3 rings (SSSR count). The highest BCUT2D eigenvalue weighted by atomic mass is 16.6. The minimum atomic E-state index is -0.339. The van der Waals surface area contributed by atoms with Crippen molar-refractivity contribution in [2.75, 3.05) is 7.11 Å². The highest BCUT2D eigenvalue weighted by Crippen LogP contribution is 2.33. The normalized spacial score (nSPS) is 13.3. The van der Waals surface area contributed by atoms with Crippen LogP contribution in [0.4, 0.5) is 5.69 Å². The number of nitro benzene ring substituents is 1. The maximum Gasteiger partial charge on any atom is 0.277 e. The van der Waals surface area contributed by atoms with Crippen molar-refractivity contribution in [1.29, 1.82) is 0 Å². The largest absolute Gasteiger partial charge is 0.501 e. The van der Waals surface area contributed by atoms with Crippen molar-refractivity contribution in [3.05, 3.63) is 57.3 Å². The number of benzene rings is 2. The van der Waals surface area contributed by atoms with Gasteiger partial charge < -0.3 is 4.74 Å². The van der Waals surface area contributed by atoms with Crippen molar-refractivity contribution < 1.29 is 9.66 Å². The van der Waals surface area contributed by atoms with E-state index in [1.54, 1.807) is 13.2 Å². The van der Waals surface area contributed by atoms with Crippen molar-refractivity contribution in [2.45, 2.75) is 6.42 Å². The standard InChI is InChI=1S/C14H11NO3/c1-18-12-6-10-5-9-3-2-4-14(15(16)17)13(9)8-11(10)7-12/h2-6,8H,7H2,1H3. The number of nitrogens with zero attached hydrogens (tertiary/aromatic N) is 1. The first-order chi connectivity index (χ1) is 8.69. The van der Waals surface area contributed by atoms with Crippen LogP contribution in [0.15, 0.2) is 36.1 Å². The molecule has 4 heteroatoms. The summed E-state index contributed by atoms with van der Waals surface area (Å²) in [7, 11) is 1.64. The Balaban J connectivity index is 2.24. The number of nitro groups is 1. The van der Waals surface area contributed by atoms with E-state index < -0.39 is 0 Å². The summed E-state index contributed by atoms with van der Waals surface area (Å²) in [5.74, 6) is 0.892. The Morgan fingerprint density at radius 1 is 1.33 bits per heavy atom. The molecule has 0 bridgehead atoms. The SMILES string of the molecule is COC1=Cc2cc3cccc([N+](=O)[O-])c3cc2C1. The monoisotopic (exact) mass is 241 g/mol. The quantitative estimate of drug-likeness (QED) is 0.598. The van der Waals surface area contributed by atoms with Crippen molar-refractivity contribution >= 4 is 22.5 Å². The fraction of sp³-hybridized carbons (Fsp3) is 0.143. The van der Waals surface area contributed by atoms with Crippen LogP contribution < -0.4 is 0 Å². The lowest BCUT2D eigenvalue weighted by Gasteiger charge is -2.03. The van der Waals surface area contributed by atoms with E-state index in [0.29, 0.717) is 11.8 Å². The van der Waals surface area contributed by atoms with Crippen LogP contribution in [0.2, 0.25) is 0 Å². The topological polar surface area (TPSA) is 52.4 Å². The molecule has 18 heavy (non-hydrogen) atoms. The number of non-ortho nitro benzene ring substituents is 1. The molecule has 0 aliphatic heterocycles. The van der Waals surface area contributed by atoms with Gasteiger partial charge in [-0.3, -0.25) is 10.1 Å².